The third kappa shape index (κ3) is 3.40. The van der Waals surface area contributed by atoms with Gasteiger partial charge in [0.2, 0.25) is 0 Å². The molecule has 2 aliphatic heterocycles. The van der Waals surface area contributed by atoms with Gasteiger partial charge in [-0.2, -0.15) is 5.26 Å². The van der Waals surface area contributed by atoms with Crippen LogP contribution in [0.15, 0.2) is 24.4 Å². The first-order valence-electron chi connectivity index (χ1n) is 9.19. The van der Waals surface area contributed by atoms with Gasteiger partial charge in [-0.05, 0) is 31.9 Å². The van der Waals surface area contributed by atoms with Crippen LogP contribution >= 0.6 is 0 Å². The number of nitrogens with zero attached hydrogens (tertiary/aromatic N) is 7. The monoisotopic (exact) mass is 349 g/mol. The minimum Gasteiger partial charge on any atom is -0.356 e. The van der Waals surface area contributed by atoms with Crippen LogP contribution in [0.5, 0.6) is 0 Å². The predicted octanol–water partition coefficient (Wildman–Crippen LogP) is 1.98. The molecule has 7 nitrogen and oxygen atoms in total. The number of pyridine rings is 1. The Morgan fingerprint density at radius 2 is 1.42 bits per heavy atom. The van der Waals surface area contributed by atoms with E-state index in [2.05, 4.69) is 41.8 Å². The van der Waals surface area contributed by atoms with Crippen LogP contribution in [0.1, 0.15) is 24.2 Å². The molecule has 0 atom stereocenters. The molecule has 0 spiro atoms. The molecule has 0 radical (unpaired) electrons. The molecule has 0 N–H and O–H groups in total. The van der Waals surface area contributed by atoms with Crippen molar-refractivity contribution >= 4 is 17.5 Å². The van der Waals surface area contributed by atoms with Gasteiger partial charge in [-0.3, -0.25) is 0 Å². The van der Waals surface area contributed by atoms with Gasteiger partial charge in [-0.1, -0.05) is 0 Å². The number of rotatable bonds is 3. The second kappa shape index (κ2) is 7.16. The standard InChI is InChI=1S/C19H23N7/c1-15-22-18(24-6-2-3-7-24)12-19(23-15)26-10-8-25(9-11-26)17-5-4-16(13-20)14-21-17/h4-5,12,14H,2-3,6-11H2,1H3. The summed E-state index contributed by atoms with van der Waals surface area (Å²) < 4.78 is 0. The van der Waals surface area contributed by atoms with Crippen LogP contribution in [0, 0.1) is 18.3 Å². The SMILES string of the molecule is Cc1nc(N2CCCC2)cc(N2CCN(c3ccc(C#N)cn3)CC2)n1. The van der Waals surface area contributed by atoms with Crippen molar-refractivity contribution in [3.63, 3.8) is 0 Å². The first kappa shape index (κ1) is 16.6. The van der Waals surface area contributed by atoms with Crippen molar-refractivity contribution in [1.82, 2.24) is 15.0 Å². The fraction of sp³-hybridized carbons (Fsp3) is 0.474. The second-order valence-corrected chi connectivity index (χ2v) is 6.82. The van der Waals surface area contributed by atoms with Crippen LogP contribution in [0.3, 0.4) is 0 Å². The van der Waals surface area contributed by atoms with Crippen LogP contribution in [0.2, 0.25) is 0 Å². The number of nitriles is 1. The van der Waals surface area contributed by atoms with Crippen molar-refractivity contribution in [3.8, 4) is 6.07 Å². The molecule has 0 aliphatic carbocycles. The topological polar surface area (TPSA) is 72.2 Å². The lowest BCUT2D eigenvalue weighted by Gasteiger charge is -2.36. The highest BCUT2D eigenvalue weighted by Crippen LogP contribution is 2.24. The second-order valence-electron chi connectivity index (χ2n) is 6.82. The summed E-state index contributed by atoms with van der Waals surface area (Å²) in [5.74, 6) is 3.84. The number of aryl methyl sites for hydroxylation is 1. The molecule has 0 aromatic carbocycles. The quantitative estimate of drug-likeness (QED) is 0.839. The summed E-state index contributed by atoms with van der Waals surface area (Å²) in [5.41, 5.74) is 0.596. The zero-order valence-corrected chi connectivity index (χ0v) is 15.1. The van der Waals surface area contributed by atoms with Crippen molar-refractivity contribution in [2.24, 2.45) is 0 Å². The Morgan fingerprint density at radius 1 is 0.846 bits per heavy atom. The zero-order valence-electron chi connectivity index (χ0n) is 15.1. The van der Waals surface area contributed by atoms with E-state index in [1.54, 1.807) is 6.20 Å². The smallest absolute Gasteiger partial charge is 0.134 e. The number of anilines is 3. The van der Waals surface area contributed by atoms with E-state index in [0.717, 1.165) is 62.5 Å². The number of hydrogen-bond donors (Lipinski definition) is 0. The van der Waals surface area contributed by atoms with Gasteiger partial charge in [0, 0.05) is 51.5 Å². The molecule has 2 fully saturated rings. The summed E-state index contributed by atoms with van der Waals surface area (Å²) in [6.07, 6.45) is 4.13. The minimum absolute atomic E-state index is 0.596. The summed E-state index contributed by atoms with van der Waals surface area (Å²) in [5, 5.41) is 8.90. The molecule has 2 aliphatic rings. The summed E-state index contributed by atoms with van der Waals surface area (Å²) in [6, 6.07) is 7.99. The maximum absolute atomic E-state index is 8.90. The Kier molecular flexibility index (Phi) is 4.57. The van der Waals surface area contributed by atoms with Crippen LogP contribution in [0.25, 0.3) is 0 Å². The van der Waals surface area contributed by atoms with E-state index >= 15 is 0 Å². The molecular weight excluding hydrogens is 326 g/mol. The van der Waals surface area contributed by atoms with E-state index < -0.39 is 0 Å². The molecule has 134 valence electrons. The lowest BCUT2D eigenvalue weighted by Crippen LogP contribution is -2.47. The molecule has 0 unspecified atom stereocenters. The summed E-state index contributed by atoms with van der Waals surface area (Å²) >= 11 is 0. The van der Waals surface area contributed by atoms with E-state index in [-0.39, 0.29) is 0 Å². The maximum atomic E-state index is 8.90. The maximum Gasteiger partial charge on any atom is 0.134 e. The minimum atomic E-state index is 0.596. The van der Waals surface area contributed by atoms with Crippen LogP contribution in [-0.4, -0.2) is 54.2 Å². The van der Waals surface area contributed by atoms with Crippen molar-refractivity contribution in [2.45, 2.75) is 19.8 Å². The van der Waals surface area contributed by atoms with Gasteiger partial charge < -0.3 is 14.7 Å². The first-order valence-corrected chi connectivity index (χ1v) is 9.19. The first-order chi connectivity index (χ1) is 12.7. The molecule has 2 saturated heterocycles. The predicted molar refractivity (Wildman–Crippen MR) is 102 cm³/mol. The average Bonchev–Trinajstić information content (AvgIpc) is 3.23. The lowest BCUT2D eigenvalue weighted by atomic mass is 10.2. The van der Waals surface area contributed by atoms with Crippen molar-refractivity contribution < 1.29 is 0 Å². The van der Waals surface area contributed by atoms with E-state index in [1.807, 2.05) is 19.1 Å². The highest BCUT2D eigenvalue weighted by atomic mass is 15.3. The van der Waals surface area contributed by atoms with Gasteiger partial charge in [0.1, 0.15) is 29.3 Å². The van der Waals surface area contributed by atoms with E-state index in [1.165, 1.54) is 12.8 Å². The highest BCUT2D eigenvalue weighted by molar-refractivity contribution is 5.53. The van der Waals surface area contributed by atoms with Crippen molar-refractivity contribution in [1.29, 1.82) is 5.26 Å². The lowest BCUT2D eigenvalue weighted by molar-refractivity contribution is 0.640. The number of piperazine rings is 1. The molecule has 4 rings (SSSR count). The molecule has 26 heavy (non-hydrogen) atoms. The van der Waals surface area contributed by atoms with E-state index in [9.17, 15) is 0 Å². The molecule has 4 heterocycles. The Hall–Kier alpha value is -2.88. The fourth-order valence-electron chi connectivity index (χ4n) is 3.61. The Balaban J connectivity index is 1.45. The average molecular weight is 349 g/mol. The zero-order chi connectivity index (χ0) is 17.9. The van der Waals surface area contributed by atoms with Gasteiger partial charge in [-0.15, -0.1) is 0 Å². The van der Waals surface area contributed by atoms with Gasteiger partial charge in [-0.25, -0.2) is 15.0 Å². The van der Waals surface area contributed by atoms with Crippen LogP contribution in [0.4, 0.5) is 17.5 Å². The Labute approximate surface area is 153 Å². The number of hydrogen-bond acceptors (Lipinski definition) is 7. The summed E-state index contributed by atoms with van der Waals surface area (Å²) in [7, 11) is 0. The van der Waals surface area contributed by atoms with Gasteiger partial charge in [0.05, 0.1) is 5.56 Å². The van der Waals surface area contributed by atoms with E-state index in [0.29, 0.717) is 5.56 Å². The third-order valence-corrected chi connectivity index (χ3v) is 5.05. The molecule has 7 heteroatoms. The number of aromatic nitrogens is 3. The largest absolute Gasteiger partial charge is 0.356 e. The van der Waals surface area contributed by atoms with Crippen LogP contribution < -0.4 is 14.7 Å². The van der Waals surface area contributed by atoms with Gasteiger partial charge >= 0.3 is 0 Å². The summed E-state index contributed by atoms with van der Waals surface area (Å²) in [4.78, 5) is 20.6. The molecule has 0 bridgehead atoms. The molecule has 2 aromatic heterocycles. The Bertz CT molecular complexity index is 798. The van der Waals surface area contributed by atoms with Gasteiger partial charge in [0.15, 0.2) is 0 Å². The van der Waals surface area contributed by atoms with Crippen LogP contribution in [-0.2, 0) is 0 Å². The third-order valence-electron chi connectivity index (χ3n) is 5.05. The normalized spacial score (nSPS) is 17.5. The Morgan fingerprint density at radius 3 is 1.96 bits per heavy atom. The van der Waals surface area contributed by atoms with Gasteiger partial charge in [0.25, 0.3) is 0 Å². The van der Waals surface area contributed by atoms with Crippen molar-refractivity contribution in [2.75, 3.05) is 54.0 Å². The van der Waals surface area contributed by atoms with Crippen molar-refractivity contribution in [3.05, 3.63) is 35.8 Å². The van der Waals surface area contributed by atoms with E-state index in [4.69, 9.17) is 5.26 Å². The molecule has 0 amide bonds. The molecule has 2 aromatic rings. The fourth-order valence-corrected chi connectivity index (χ4v) is 3.61. The molecular formula is C19H23N7. The highest BCUT2D eigenvalue weighted by Gasteiger charge is 2.21. The summed E-state index contributed by atoms with van der Waals surface area (Å²) in [6.45, 7) is 7.74. The molecule has 0 saturated carbocycles.